The molecule has 2 aromatic rings. The highest BCUT2D eigenvalue weighted by Gasteiger charge is 2.26. The second-order valence-electron chi connectivity index (χ2n) is 6.92. The van der Waals surface area contributed by atoms with Crippen LogP contribution in [0.15, 0.2) is 29.9 Å². The van der Waals surface area contributed by atoms with Crippen LogP contribution in [0.5, 0.6) is 17.2 Å². The Morgan fingerprint density at radius 1 is 1.29 bits per heavy atom. The number of thioether (sulfide) groups is 1. The molecule has 0 saturated carbocycles. The number of aromatic hydroxyl groups is 1. The van der Waals surface area contributed by atoms with E-state index in [0.29, 0.717) is 17.4 Å². The number of piperidine rings is 1. The average molecular weight is 405 g/mol. The van der Waals surface area contributed by atoms with Gasteiger partial charge in [-0.25, -0.2) is 0 Å². The molecule has 0 amide bonds. The second-order valence-corrected chi connectivity index (χ2v) is 7.91. The molecule has 8 heteroatoms. The minimum absolute atomic E-state index is 0.0360. The standard InChI is InChI=1S/C20H28N4O3S/c1-5-9-28-20-22-21-19(23(20)2)15-7-6-8-24(13-15)12-14-10-16(26-3)18(25)17(11-14)27-4/h5,10-11,15,25H,1,6-9,12-13H2,2-4H3. The van der Waals surface area contributed by atoms with E-state index in [9.17, 15) is 5.11 Å². The van der Waals surface area contributed by atoms with Crippen LogP contribution < -0.4 is 9.47 Å². The Labute approximate surface area is 170 Å². The fourth-order valence-corrected chi connectivity index (χ4v) is 4.30. The van der Waals surface area contributed by atoms with Gasteiger partial charge in [-0.05, 0) is 37.1 Å². The van der Waals surface area contributed by atoms with Crippen LogP contribution in [0.2, 0.25) is 0 Å². The van der Waals surface area contributed by atoms with Gasteiger partial charge in [0.2, 0.25) is 5.75 Å². The molecule has 28 heavy (non-hydrogen) atoms. The molecule has 1 aromatic carbocycles. The highest BCUT2D eigenvalue weighted by atomic mass is 32.2. The van der Waals surface area contributed by atoms with Gasteiger partial charge in [0.05, 0.1) is 14.2 Å². The molecule has 7 nitrogen and oxygen atoms in total. The first-order chi connectivity index (χ1) is 13.6. The Hall–Kier alpha value is -2.19. The van der Waals surface area contributed by atoms with Crippen LogP contribution in [-0.2, 0) is 13.6 Å². The van der Waals surface area contributed by atoms with Crippen LogP contribution >= 0.6 is 11.8 Å². The van der Waals surface area contributed by atoms with E-state index in [0.717, 1.165) is 54.8 Å². The van der Waals surface area contributed by atoms with Crippen molar-refractivity contribution in [3.63, 3.8) is 0 Å². The van der Waals surface area contributed by atoms with Crippen molar-refractivity contribution in [3.8, 4) is 17.2 Å². The molecule has 0 bridgehead atoms. The predicted octanol–water partition coefficient (Wildman–Crippen LogP) is 3.20. The quantitative estimate of drug-likeness (QED) is 0.535. The van der Waals surface area contributed by atoms with Crippen molar-refractivity contribution >= 4 is 11.8 Å². The van der Waals surface area contributed by atoms with Crippen molar-refractivity contribution in [2.75, 3.05) is 33.1 Å². The first kappa shape index (κ1) is 20.5. The lowest BCUT2D eigenvalue weighted by Gasteiger charge is -2.32. The molecule has 1 unspecified atom stereocenters. The third-order valence-corrected chi connectivity index (χ3v) is 6.03. The number of ether oxygens (including phenoxy) is 2. The largest absolute Gasteiger partial charge is 0.502 e. The van der Waals surface area contributed by atoms with Gasteiger partial charge >= 0.3 is 0 Å². The third kappa shape index (κ3) is 4.44. The van der Waals surface area contributed by atoms with E-state index in [1.165, 1.54) is 0 Å². The van der Waals surface area contributed by atoms with Crippen molar-refractivity contribution in [2.24, 2.45) is 7.05 Å². The summed E-state index contributed by atoms with van der Waals surface area (Å²) in [5, 5.41) is 19.8. The lowest BCUT2D eigenvalue weighted by molar-refractivity contribution is 0.194. The van der Waals surface area contributed by atoms with Crippen LogP contribution in [0.4, 0.5) is 0 Å². The summed E-state index contributed by atoms with van der Waals surface area (Å²) >= 11 is 1.65. The maximum absolute atomic E-state index is 10.1. The van der Waals surface area contributed by atoms with E-state index in [4.69, 9.17) is 9.47 Å². The van der Waals surface area contributed by atoms with Crippen LogP contribution in [-0.4, -0.2) is 57.8 Å². The Kier molecular flexibility index (Phi) is 6.85. The molecule has 0 spiro atoms. The number of aromatic nitrogens is 3. The minimum Gasteiger partial charge on any atom is -0.502 e. The lowest BCUT2D eigenvalue weighted by Crippen LogP contribution is -2.34. The van der Waals surface area contributed by atoms with Crippen LogP contribution in [0, 0.1) is 0 Å². The summed E-state index contributed by atoms with van der Waals surface area (Å²) in [6.45, 7) is 6.47. The summed E-state index contributed by atoms with van der Waals surface area (Å²) in [4.78, 5) is 2.41. The van der Waals surface area contributed by atoms with Crippen molar-refractivity contribution in [3.05, 3.63) is 36.2 Å². The smallest absolute Gasteiger partial charge is 0.200 e. The number of hydrogen-bond acceptors (Lipinski definition) is 7. The minimum atomic E-state index is 0.0360. The van der Waals surface area contributed by atoms with Crippen molar-refractivity contribution in [2.45, 2.75) is 30.5 Å². The third-order valence-electron chi connectivity index (χ3n) is 5.02. The number of methoxy groups -OCH3 is 2. The van der Waals surface area contributed by atoms with Gasteiger partial charge < -0.3 is 19.1 Å². The second kappa shape index (κ2) is 9.34. The zero-order valence-corrected chi connectivity index (χ0v) is 17.5. The SMILES string of the molecule is C=CCSc1nnc(C2CCCN(Cc3cc(OC)c(O)c(OC)c3)C2)n1C. The summed E-state index contributed by atoms with van der Waals surface area (Å²) in [7, 11) is 5.13. The number of benzene rings is 1. The molecule has 1 N–H and O–H groups in total. The van der Waals surface area contributed by atoms with E-state index >= 15 is 0 Å². The fourth-order valence-electron chi connectivity index (χ4n) is 3.65. The van der Waals surface area contributed by atoms with Gasteiger partial charge in [-0.15, -0.1) is 16.8 Å². The lowest BCUT2D eigenvalue weighted by atomic mass is 9.96. The van der Waals surface area contributed by atoms with Gasteiger partial charge in [-0.2, -0.15) is 0 Å². The fraction of sp³-hybridized carbons (Fsp3) is 0.500. The molecule has 2 heterocycles. The topological polar surface area (TPSA) is 72.6 Å². The van der Waals surface area contributed by atoms with Crippen LogP contribution in [0.3, 0.4) is 0 Å². The molecule has 0 radical (unpaired) electrons. The molecule has 1 saturated heterocycles. The number of hydrogen-bond donors (Lipinski definition) is 1. The molecular formula is C20H28N4O3S. The highest BCUT2D eigenvalue weighted by molar-refractivity contribution is 7.99. The normalized spacial score (nSPS) is 17.5. The number of likely N-dealkylation sites (tertiary alicyclic amines) is 1. The molecule has 152 valence electrons. The summed E-state index contributed by atoms with van der Waals surface area (Å²) in [5.74, 6) is 3.12. The average Bonchev–Trinajstić information content (AvgIpc) is 3.08. The molecule has 1 aromatic heterocycles. The first-order valence-electron chi connectivity index (χ1n) is 9.36. The molecule has 3 rings (SSSR count). The van der Waals surface area contributed by atoms with E-state index in [-0.39, 0.29) is 5.75 Å². The van der Waals surface area contributed by atoms with E-state index in [1.807, 2.05) is 25.3 Å². The molecule has 1 fully saturated rings. The Morgan fingerprint density at radius 3 is 2.64 bits per heavy atom. The summed E-state index contributed by atoms with van der Waals surface area (Å²) in [6, 6.07) is 3.74. The van der Waals surface area contributed by atoms with Gasteiger partial charge in [0, 0.05) is 31.8 Å². The number of nitrogens with zero attached hydrogens (tertiary/aromatic N) is 4. The molecule has 1 atom stereocenters. The van der Waals surface area contributed by atoms with E-state index < -0.39 is 0 Å². The van der Waals surface area contributed by atoms with Crippen molar-refractivity contribution in [1.29, 1.82) is 0 Å². The predicted molar refractivity (Wildman–Crippen MR) is 110 cm³/mol. The Bertz CT molecular complexity index is 799. The van der Waals surface area contributed by atoms with Gasteiger partial charge in [0.1, 0.15) is 5.82 Å². The highest BCUT2D eigenvalue weighted by Crippen LogP contribution is 2.38. The number of phenolic OH excluding ortho intramolecular Hbond substituents is 1. The molecule has 0 aliphatic carbocycles. The van der Waals surface area contributed by atoms with Gasteiger partial charge in [-0.1, -0.05) is 17.8 Å². The van der Waals surface area contributed by atoms with Gasteiger partial charge in [0.15, 0.2) is 16.7 Å². The van der Waals surface area contributed by atoms with E-state index in [1.54, 1.807) is 26.0 Å². The number of rotatable bonds is 8. The van der Waals surface area contributed by atoms with Crippen LogP contribution in [0.25, 0.3) is 0 Å². The Balaban J connectivity index is 1.72. The van der Waals surface area contributed by atoms with Crippen LogP contribution in [0.1, 0.15) is 30.1 Å². The van der Waals surface area contributed by atoms with Gasteiger partial charge in [0.25, 0.3) is 0 Å². The molecular weight excluding hydrogens is 376 g/mol. The summed E-state index contributed by atoms with van der Waals surface area (Å²) in [6.07, 6.45) is 4.09. The number of phenols is 1. The summed E-state index contributed by atoms with van der Waals surface area (Å²) < 4.78 is 12.7. The zero-order chi connectivity index (χ0) is 20.1. The maximum atomic E-state index is 10.1. The van der Waals surface area contributed by atoms with Crippen molar-refractivity contribution in [1.82, 2.24) is 19.7 Å². The van der Waals surface area contributed by atoms with Crippen molar-refractivity contribution < 1.29 is 14.6 Å². The zero-order valence-electron chi connectivity index (χ0n) is 16.7. The monoisotopic (exact) mass is 404 g/mol. The Morgan fingerprint density at radius 2 is 2.00 bits per heavy atom. The molecule has 1 aliphatic heterocycles. The summed E-state index contributed by atoms with van der Waals surface area (Å²) in [5.41, 5.74) is 1.05. The molecule has 1 aliphatic rings. The maximum Gasteiger partial charge on any atom is 0.200 e. The first-order valence-corrected chi connectivity index (χ1v) is 10.3. The van der Waals surface area contributed by atoms with Gasteiger partial charge in [-0.3, -0.25) is 4.90 Å². The van der Waals surface area contributed by atoms with E-state index in [2.05, 4.69) is 26.2 Å².